The van der Waals surface area contributed by atoms with E-state index >= 15 is 0 Å². The molecule has 2 aromatic rings. The Kier molecular flexibility index (Phi) is 4.25. The third kappa shape index (κ3) is 3.31. The first-order chi connectivity index (χ1) is 11.0. The highest BCUT2D eigenvalue weighted by Crippen LogP contribution is 2.28. The van der Waals surface area contributed by atoms with Gasteiger partial charge in [0.2, 0.25) is 0 Å². The van der Waals surface area contributed by atoms with E-state index in [9.17, 15) is 8.42 Å². The zero-order valence-corrected chi connectivity index (χ0v) is 14.1. The van der Waals surface area contributed by atoms with Gasteiger partial charge >= 0.3 is 0 Å². The van der Waals surface area contributed by atoms with Gasteiger partial charge in [-0.15, -0.1) is 0 Å². The molecule has 0 amide bonds. The van der Waals surface area contributed by atoms with Crippen molar-refractivity contribution in [1.82, 2.24) is 14.5 Å². The first-order valence-electron chi connectivity index (χ1n) is 7.73. The lowest BCUT2D eigenvalue weighted by Gasteiger charge is -2.20. The molecule has 124 valence electrons. The van der Waals surface area contributed by atoms with E-state index in [4.69, 9.17) is 0 Å². The zero-order chi connectivity index (χ0) is 16.4. The lowest BCUT2D eigenvalue weighted by molar-refractivity contribution is 0.591. The molecule has 2 aromatic heterocycles. The molecular formula is C15H21N5O2S. The topological polar surface area (TPSA) is 80.1 Å². The molecule has 0 unspecified atom stereocenters. The minimum atomic E-state index is -3.73. The van der Waals surface area contributed by atoms with Crippen molar-refractivity contribution in [1.29, 1.82) is 0 Å². The van der Waals surface area contributed by atoms with Crippen LogP contribution >= 0.6 is 0 Å². The highest BCUT2D eigenvalue weighted by Gasteiger charge is 2.23. The predicted octanol–water partition coefficient (Wildman–Crippen LogP) is 2.26. The maximum Gasteiger partial charge on any atom is 0.281 e. The molecule has 23 heavy (non-hydrogen) atoms. The van der Waals surface area contributed by atoms with Gasteiger partial charge in [-0.3, -0.25) is 4.72 Å². The van der Waals surface area contributed by atoms with Crippen LogP contribution in [0.4, 0.5) is 11.5 Å². The van der Waals surface area contributed by atoms with Gasteiger partial charge < -0.3 is 9.47 Å². The molecule has 7 nitrogen and oxygen atoms in total. The normalized spacial score (nSPS) is 15.3. The molecule has 0 bridgehead atoms. The molecule has 0 saturated carbocycles. The molecule has 1 N–H and O–H groups in total. The van der Waals surface area contributed by atoms with Gasteiger partial charge in [0.15, 0.2) is 10.8 Å². The number of anilines is 2. The Morgan fingerprint density at radius 3 is 2.61 bits per heavy atom. The molecule has 3 rings (SSSR count). The van der Waals surface area contributed by atoms with Crippen LogP contribution in [0.25, 0.3) is 0 Å². The van der Waals surface area contributed by atoms with Crippen LogP contribution in [0.3, 0.4) is 0 Å². The lowest BCUT2D eigenvalue weighted by Crippen LogP contribution is -2.22. The SMILES string of the molecule is CC(C)n1cnc(S(=O)(=O)Nc2cccnc2N2CCCC2)c1. The highest BCUT2D eigenvalue weighted by molar-refractivity contribution is 7.92. The minimum Gasteiger partial charge on any atom is -0.355 e. The summed E-state index contributed by atoms with van der Waals surface area (Å²) >= 11 is 0. The number of nitrogens with one attached hydrogen (secondary N) is 1. The summed E-state index contributed by atoms with van der Waals surface area (Å²) in [7, 11) is -3.73. The molecule has 0 radical (unpaired) electrons. The number of hydrogen-bond acceptors (Lipinski definition) is 5. The fourth-order valence-corrected chi connectivity index (χ4v) is 3.59. The lowest BCUT2D eigenvalue weighted by atomic mass is 10.4. The number of aromatic nitrogens is 3. The first kappa shape index (κ1) is 15.8. The van der Waals surface area contributed by atoms with Crippen molar-refractivity contribution in [3.8, 4) is 0 Å². The maximum absolute atomic E-state index is 12.6. The molecule has 3 heterocycles. The number of sulfonamides is 1. The molecule has 1 fully saturated rings. The van der Waals surface area contributed by atoms with Crippen molar-refractivity contribution in [3.05, 3.63) is 30.9 Å². The summed E-state index contributed by atoms with van der Waals surface area (Å²) in [5.41, 5.74) is 0.494. The second-order valence-corrected chi connectivity index (χ2v) is 7.56. The Labute approximate surface area is 136 Å². The number of imidazole rings is 1. The van der Waals surface area contributed by atoms with Crippen LogP contribution in [-0.2, 0) is 10.0 Å². The van der Waals surface area contributed by atoms with Crippen LogP contribution in [0.2, 0.25) is 0 Å². The van der Waals surface area contributed by atoms with Gasteiger partial charge in [-0.2, -0.15) is 8.42 Å². The first-order valence-corrected chi connectivity index (χ1v) is 9.22. The molecule has 1 saturated heterocycles. The largest absolute Gasteiger partial charge is 0.355 e. The average Bonchev–Trinajstić information content (AvgIpc) is 3.19. The van der Waals surface area contributed by atoms with Crippen molar-refractivity contribution in [2.24, 2.45) is 0 Å². The van der Waals surface area contributed by atoms with E-state index in [1.54, 1.807) is 29.1 Å². The van der Waals surface area contributed by atoms with E-state index in [1.165, 1.54) is 6.33 Å². The summed E-state index contributed by atoms with van der Waals surface area (Å²) in [5, 5.41) is 0.0161. The van der Waals surface area contributed by atoms with Crippen LogP contribution in [0.5, 0.6) is 0 Å². The monoisotopic (exact) mass is 335 g/mol. The summed E-state index contributed by atoms with van der Waals surface area (Å²) in [6.45, 7) is 5.73. The number of rotatable bonds is 5. The van der Waals surface area contributed by atoms with E-state index in [1.807, 2.05) is 13.8 Å². The van der Waals surface area contributed by atoms with Gasteiger partial charge in [0, 0.05) is 31.5 Å². The van der Waals surface area contributed by atoms with E-state index < -0.39 is 10.0 Å². The second-order valence-electron chi connectivity index (χ2n) is 5.93. The Balaban J connectivity index is 1.88. The Hall–Kier alpha value is -2.09. The smallest absolute Gasteiger partial charge is 0.281 e. The molecule has 0 atom stereocenters. The third-order valence-electron chi connectivity index (χ3n) is 3.89. The summed E-state index contributed by atoms with van der Waals surface area (Å²) < 4.78 is 29.5. The standard InChI is InChI=1S/C15H21N5O2S/c1-12(2)20-10-14(17-11-20)23(21,22)18-13-6-5-7-16-15(13)19-8-3-4-9-19/h5-7,10-12,18H,3-4,8-9H2,1-2H3. The van der Waals surface area contributed by atoms with Crippen molar-refractivity contribution in [3.63, 3.8) is 0 Å². The van der Waals surface area contributed by atoms with Gasteiger partial charge in [0.05, 0.1) is 12.0 Å². The van der Waals surface area contributed by atoms with Crippen LogP contribution in [0.15, 0.2) is 35.9 Å². The third-order valence-corrected chi connectivity index (χ3v) is 5.14. The quantitative estimate of drug-likeness (QED) is 0.906. The van der Waals surface area contributed by atoms with E-state index in [0.717, 1.165) is 25.9 Å². The molecular weight excluding hydrogens is 314 g/mol. The molecule has 0 aliphatic carbocycles. The van der Waals surface area contributed by atoms with Crippen molar-refractivity contribution >= 4 is 21.5 Å². The summed E-state index contributed by atoms with van der Waals surface area (Å²) in [6, 6.07) is 3.62. The Morgan fingerprint density at radius 2 is 1.96 bits per heavy atom. The van der Waals surface area contributed by atoms with Gasteiger partial charge in [0.25, 0.3) is 10.0 Å². The number of pyridine rings is 1. The predicted molar refractivity (Wildman–Crippen MR) is 89.1 cm³/mol. The van der Waals surface area contributed by atoms with E-state index in [0.29, 0.717) is 11.5 Å². The fourth-order valence-electron chi connectivity index (χ4n) is 2.59. The molecule has 8 heteroatoms. The molecule has 0 aromatic carbocycles. The maximum atomic E-state index is 12.6. The Bertz CT molecular complexity index is 779. The number of nitrogens with zero attached hydrogens (tertiary/aromatic N) is 4. The van der Waals surface area contributed by atoms with Crippen LogP contribution in [-0.4, -0.2) is 36.0 Å². The minimum absolute atomic E-state index is 0.0161. The average molecular weight is 335 g/mol. The van der Waals surface area contributed by atoms with Crippen molar-refractivity contribution < 1.29 is 8.42 Å². The second kappa shape index (κ2) is 6.19. The van der Waals surface area contributed by atoms with Gasteiger partial charge in [-0.25, -0.2) is 9.97 Å². The van der Waals surface area contributed by atoms with E-state index in [-0.39, 0.29) is 11.1 Å². The molecule has 0 spiro atoms. The van der Waals surface area contributed by atoms with E-state index in [2.05, 4.69) is 19.6 Å². The van der Waals surface area contributed by atoms with Gasteiger partial charge in [-0.05, 0) is 38.8 Å². The molecule has 1 aliphatic heterocycles. The Morgan fingerprint density at radius 1 is 1.22 bits per heavy atom. The van der Waals surface area contributed by atoms with Gasteiger partial charge in [-0.1, -0.05) is 0 Å². The van der Waals surface area contributed by atoms with Crippen molar-refractivity contribution in [2.45, 2.75) is 37.8 Å². The van der Waals surface area contributed by atoms with Crippen LogP contribution in [0.1, 0.15) is 32.7 Å². The molecule has 1 aliphatic rings. The number of hydrogen-bond donors (Lipinski definition) is 1. The van der Waals surface area contributed by atoms with Crippen LogP contribution in [0, 0.1) is 0 Å². The van der Waals surface area contributed by atoms with Gasteiger partial charge in [0.1, 0.15) is 0 Å². The zero-order valence-electron chi connectivity index (χ0n) is 13.3. The highest BCUT2D eigenvalue weighted by atomic mass is 32.2. The fraction of sp³-hybridized carbons (Fsp3) is 0.467. The summed E-state index contributed by atoms with van der Waals surface area (Å²) in [6.07, 6.45) is 6.95. The van der Waals surface area contributed by atoms with Crippen molar-refractivity contribution in [2.75, 3.05) is 22.7 Å². The van der Waals surface area contributed by atoms with Crippen LogP contribution < -0.4 is 9.62 Å². The summed E-state index contributed by atoms with van der Waals surface area (Å²) in [4.78, 5) is 10.5. The summed E-state index contributed by atoms with van der Waals surface area (Å²) in [5.74, 6) is 0.678.